The van der Waals surface area contributed by atoms with Crippen LogP contribution in [0.3, 0.4) is 0 Å². The normalized spacial score (nSPS) is 10.8. The number of hydrogen-bond acceptors (Lipinski definition) is 4. The molecule has 0 unspecified atom stereocenters. The third-order valence-corrected chi connectivity index (χ3v) is 3.70. The fraction of sp³-hybridized carbons (Fsp3) is 0.200. The Hall–Kier alpha value is -2.28. The quantitative estimate of drug-likeness (QED) is 0.709. The molecule has 1 aromatic carbocycles. The molecule has 22 heavy (non-hydrogen) atoms. The van der Waals surface area contributed by atoms with E-state index in [1.807, 2.05) is 18.3 Å². The number of aryl methyl sites for hydroxylation is 1. The van der Waals surface area contributed by atoms with E-state index in [2.05, 4.69) is 36.3 Å². The Morgan fingerprint density at radius 1 is 1.32 bits per heavy atom. The summed E-state index contributed by atoms with van der Waals surface area (Å²) in [6, 6.07) is 7.34. The van der Waals surface area contributed by atoms with Crippen molar-refractivity contribution in [2.24, 2.45) is 0 Å². The molecule has 0 radical (unpaired) electrons. The molecule has 1 N–H and O–H groups in total. The standard InChI is InChI=1S/C15H14BrN5O/c16-13-5-1-4-12(7-13)14(22)17-6-2-3-11-8-18-15-19-10-20-21(15)9-11/h1,4-5,7-10H,2-3,6H2,(H,17,22). The third-order valence-electron chi connectivity index (χ3n) is 3.20. The Morgan fingerprint density at radius 2 is 2.23 bits per heavy atom. The van der Waals surface area contributed by atoms with E-state index in [1.165, 1.54) is 6.33 Å². The Kier molecular flexibility index (Phi) is 4.43. The number of nitrogens with one attached hydrogen (secondary N) is 1. The first-order valence-corrected chi connectivity index (χ1v) is 7.70. The minimum absolute atomic E-state index is 0.0637. The van der Waals surface area contributed by atoms with Crippen molar-refractivity contribution in [1.82, 2.24) is 24.9 Å². The largest absolute Gasteiger partial charge is 0.352 e. The minimum Gasteiger partial charge on any atom is -0.352 e. The highest BCUT2D eigenvalue weighted by atomic mass is 79.9. The molecule has 3 rings (SSSR count). The molecule has 0 bridgehead atoms. The molecule has 3 aromatic rings. The lowest BCUT2D eigenvalue weighted by Gasteiger charge is -2.06. The third kappa shape index (κ3) is 3.48. The Bertz CT molecular complexity index is 801. The molecule has 0 aliphatic heterocycles. The van der Waals surface area contributed by atoms with E-state index < -0.39 is 0 Å². The molecule has 112 valence electrons. The van der Waals surface area contributed by atoms with Crippen LogP contribution in [0, 0.1) is 0 Å². The van der Waals surface area contributed by atoms with Crippen LogP contribution in [0.1, 0.15) is 22.3 Å². The van der Waals surface area contributed by atoms with Crippen LogP contribution >= 0.6 is 15.9 Å². The van der Waals surface area contributed by atoms with Gasteiger partial charge in [0, 0.05) is 29.0 Å². The summed E-state index contributed by atoms with van der Waals surface area (Å²) >= 11 is 3.36. The highest BCUT2D eigenvalue weighted by Gasteiger charge is 2.05. The van der Waals surface area contributed by atoms with Gasteiger partial charge in [0.1, 0.15) is 6.33 Å². The second-order valence-electron chi connectivity index (χ2n) is 4.84. The van der Waals surface area contributed by atoms with Crippen LogP contribution in [0.15, 0.2) is 47.5 Å². The maximum absolute atomic E-state index is 12.0. The number of hydrogen-bond donors (Lipinski definition) is 1. The van der Waals surface area contributed by atoms with Crippen molar-refractivity contribution < 1.29 is 4.79 Å². The summed E-state index contributed by atoms with van der Waals surface area (Å²) in [6.07, 6.45) is 6.83. The molecule has 1 amide bonds. The molecule has 0 atom stereocenters. The zero-order valence-electron chi connectivity index (χ0n) is 11.7. The first kappa shape index (κ1) is 14.6. The molecule has 2 heterocycles. The molecule has 0 aliphatic rings. The number of nitrogens with zero attached hydrogens (tertiary/aromatic N) is 4. The maximum Gasteiger partial charge on any atom is 0.252 e. The van der Waals surface area contributed by atoms with Gasteiger partial charge in [0.25, 0.3) is 11.7 Å². The summed E-state index contributed by atoms with van der Waals surface area (Å²) in [7, 11) is 0. The molecular formula is C15H14BrN5O. The highest BCUT2D eigenvalue weighted by Crippen LogP contribution is 2.11. The van der Waals surface area contributed by atoms with Crippen molar-refractivity contribution in [3.8, 4) is 0 Å². The summed E-state index contributed by atoms with van der Waals surface area (Å²) < 4.78 is 2.54. The van der Waals surface area contributed by atoms with Gasteiger partial charge in [-0.05, 0) is 36.6 Å². The van der Waals surface area contributed by atoms with Gasteiger partial charge in [-0.1, -0.05) is 22.0 Å². The molecule has 0 aliphatic carbocycles. The molecule has 0 saturated heterocycles. The molecule has 0 spiro atoms. The molecule has 7 heteroatoms. The zero-order chi connectivity index (χ0) is 15.4. The average molecular weight is 360 g/mol. The highest BCUT2D eigenvalue weighted by molar-refractivity contribution is 9.10. The van der Waals surface area contributed by atoms with Gasteiger partial charge in [-0.25, -0.2) is 9.50 Å². The molecular weight excluding hydrogens is 346 g/mol. The average Bonchev–Trinajstić information content (AvgIpc) is 2.99. The van der Waals surface area contributed by atoms with Crippen molar-refractivity contribution >= 4 is 27.6 Å². The second-order valence-corrected chi connectivity index (χ2v) is 5.75. The Balaban J connectivity index is 1.49. The predicted octanol–water partition coefficient (Wildman–Crippen LogP) is 2.25. The van der Waals surface area contributed by atoms with Gasteiger partial charge in [-0.2, -0.15) is 10.1 Å². The molecule has 2 aromatic heterocycles. The second kappa shape index (κ2) is 6.65. The first-order valence-electron chi connectivity index (χ1n) is 6.90. The van der Waals surface area contributed by atoms with E-state index in [1.54, 1.807) is 22.8 Å². The van der Waals surface area contributed by atoms with Gasteiger partial charge in [-0.3, -0.25) is 4.79 Å². The lowest BCUT2D eigenvalue weighted by Crippen LogP contribution is -2.24. The number of halogens is 1. The molecule has 6 nitrogen and oxygen atoms in total. The fourth-order valence-corrected chi connectivity index (χ4v) is 2.51. The lowest BCUT2D eigenvalue weighted by molar-refractivity contribution is 0.0953. The summed E-state index contributed by atoms with van der Waals surface area (Å²) in [5.41, 5.74) is 1.72. The minimum atomic E-state index is -0.0637. The van der Waals surface area contributed by atoms with Crippen LogP contribution in [-0.4, -0.2) is 32.0 Å². The topological polar surface area (TPSA) is 72.2 Å². The predicted molar refractivity (Wildman–Crippen MR) is 85.6 cm³/mol. The van der Waals surface area contributed by atoms with Crippen LogP contribution < -0.4 is 5.32 Å². The molecule has 0 saturated carbocycles. The number of aromatic nitrogens is 4. The summed E-state index contributed by atoms with van der Waals surface area (Å²) in [4.78, 5) is 20.2. The van der Waals surface area contributed by atoms with Crippen LogP contribution in [0.4, 0.5) is 0 Å². The van der Waals surface area contributed by atoms with Crippen LogP contribution in [-0.2, 0) is 6.42 Å². The van der Waals surface area contributed by atoms with E-state index in [-0.39, 0.29) is 5.91 Å². The van der Waals surface area contributed by atoms with Crippen molar-refractivity contribution in [1.29, 1.82) is 0 Å². The number of amides is 1. The SMILES string of the molecule is O=C(NCCCc1cnc2ncnn2c1)c1cccc(Br)c1. The van der Waals surface area contributed by atoms with Crippen molar-refractivity contribution in [3.63, 3.8) is 0 Å². The van der Waals surface area contributed by atoms with Crippen molar-refractivity contribution in [2.45, 2.75) is 12.8 Å². The van der Waals surface area contributed by atoms with Crippen LogP contribution in [0.25, 0.3) is 5.78 Å². The van der Waals surface area contributed by atoms with E-state index >= 15 is 0 Å². The summed E-state index contributed by atoms with van der Waals surface area (Å²) in [6.45, 7) is 0.612. The number of benzene rings is 1. The van der Waals surface area contributed by atoms with Gasteiger partial charge in [0.05, 0.1) is 0 Å². The van der Waals surface area contributed by atoms with Crippen molar-refractivity contribution in [3.05, 3.63) is 58.6 Å². The number of carbonyl (C=O) groups excluding carboxylic acids is 1. The van der Waals surface area contributed by atoms with E-state index in [0.29, 0.717) is 17.9 Å². The Morgan fingerprint density at radius 3 is 3.09 bits per heavy atom. The number of carbonyl (C=O) groups is 1. The van der Waals surface area contributed by atoms with Gasteiger partial charge in [0.2, 0.25) is 0 Å². The van der Waals surface area contributed by atoms with Gasteiger partial charge >= 0.3 is 0 Å². The lowest BCUT2D eigenvalue weighted by atomic mass is 10.2. The van der Waals surface area contributed by atoms with E-state index in [0.717, 1.165) is 22.9 Å². The van der Waals surface area contributed by atoms with Gasteiger partial charge < -0.3 is 5.32 Å². The van der Waals surface area contributed by atoms with Crippen molar-refractivity contribution in [2.75, 3.05) is 6.54 Å². The Labute approximate surface area is 135 Å². The maximum atomic E-state index is 12.0. The number of fused-ring (bicyclic) bond motifs is 1. The zero-order valence-corrected chi connectivity index (χ0v) is 13.3. The van der Waals surface area contributed by atoms with Gasteiger partial charge in [0.15, 0.2) is 0 Å². The van der Waals surface area contributed by atoms with E-state index in [9.17, 15) is 4.79 Å². The fourth-order valence-electron chi connectivity index (χ4n) is 2.11. The summed E-state index contributed by atoms with van der Waals surface area (Å²) in [5, 5.41) is 6.97. The first-order chi connectivity index (χ1) is 10.7. The summed E-state index contributed by atoms with van der Waals surface area (Å²) in [5.74, 6) is 0.526. The van der Waals surface area contributed by atoms with Crippen LogP contribution in [0.2, 0.25) is 0 Å². The van der Waals surface area contributed by atoms with Gasteiger partial charge in [-0.15, -0.1) is 0 Å². The van der Waals surface area contributed by atoms with E-state index in [4.69, 9.17) is 0 Å². The smallest absolute Gasteiger partial charge is 0.252 e. The number of rotatable bonds is 5. The monoisotopic (exact) mass is 359 g/mol. The van der Waals surface area contributed by atoms with Crippen LogP contribution in [0.5, 0.6) is 0 Å². The molecule has 0 fully saturated rings.